The zero-order valence-electron chi connectivity index (χ0n) is 25.7. The highest BCUT2D eigenvalue weighted by molar-refractivity contribution is 5.52. The topological polar surface area (TPSA) is 24.1 Å². The van der Waals surface area contributed by atoms with E-state index in [1.165, 1.54) is 60.8 Å². The van der Waals surface area contributed by atoms with Gasteiger partial charge in [0.2, 0.25) is 0 Å². The Labute approximate surface area is 265 Å². The van der Waals surface area contributed by atoms with Gasteiger partial charge in [-0.3, -0.25) is 0 Å². The second-order valence-corrected chi connectivity index (χ2v) is 11.7. The molecule has 0 bridgehead atoms. The predicted octanol–water partition coefficient (Wildman–Crippen LogP) is 9.85. The first-order valence-electron chi connectivity index (χ1n) is 16.3. The molecule has 2 aliphatic heterocycles. The van der Waals surface area contributed by atoms with Crippen LogP contribution in [0.3, 0.4) is 0 Å². The summed E-state index contributed by atoms with van der Waals surface area (Å²) < 4.78 is 0. The molecule has 0 aromatic heterocycles. The first-order chi connectivity index (χ1) is 21.8. The Morgan fingerprint density at radius 2 is 0.568 bits per heavy atom. The molecule has 0 aliphatic carbocycles. The molecule has 0 spiro atoms. The van der Waals surface area contributed by atoms with Gasteiger partial charge in [-0.1, -0.05) is 170 Å². The monoisotopic (exact) mass is 578 g/mol. The number of nitrogens with one attached hydrogen (secondary N) is 2. The van der Waals surface area contributed by atoms with E-state index in [4.69, 9.17) is 0 Å². The molecule has 0 radical (unpaired) electrons. The zero-order valence-corrected chi connectivity index (χ0v) is 25.7. The van der Waals surface area contributed by atoms with E-state index in [0.717, 1.165) is 0 Å². The maximum absolute atomic E-state index is 3.72. The Balaban J connectivity index is 0.000000175. The van der Waals surface area contributed by atoms with Crippen molar-refractivity contribution >= 4 is 24.3 Å². The summed E-state index contributed by atoms with van der Waals surface area (Å²) in [5, 5.41) is 7.44. The molecule has 0 amide bonds. The maximum Gasteiger partial charge on any atom is 0.0258 e. The van der Waals surface area contributed by atoms with Crippen molar-refractivity contribution in [1.82, 2.24) is 10.6 Å². The molecule has 4 atom stereocenters. The van der Waals surface area contributed by atoms with E-state index in [2.05, 4.69) is 181 Å². The molecular weight excluding hydrogens is 532 g/mol. The number of benzene rings is 4. The van der Waals surface area contributed by atoms with Crippen LogP contribution >= 0.6 is 0 Å². The number of hydrogen-bond donors (Lipinski definition) is 2. The van der Waals surface area contributed by atoms with Gasteiger partial charge < -0.3 is 10.6 Å². The Morgan fingerprint density at radius 1 is 0.341 bits per heavy atom. The lowest BCUT2D eigenvalue weighted by atomic mass is 9.97. The lowest BCUT2D eigenvalue weighted by molar-refractivity contribution is 0.401. The van der Waals surface area contributed by atoms with Gasteiger partial charge in [0, 0.05) is 24.2 Å². The van der Waals surface area contributed by atoms with Gasteiger partial charge >= 0.3 is 0 Å². The number of hydrogen-bond acceptors (Lipinski definition) is 2. The van der Waals surface area contributed by atoms with E-state index >= 15 is 0 Å². The molecule has 2 N–H and O–H groups in total. The standard InChI is InChI=1S/2C21H23N/c2*1-3-8-18(9-4-1)14-16-20-12-7-13-21(22-20)17-15-19-10-5-2-6-11-19/h2*1-6,8-11,14-17,20-22H,7,12-13H2/b2*16-14+,17-15+/t2*20-,21-/m10/s1. The van der Waals surface area contributed by atoms with E-state index in [1.807, 2.05) is 0 Å². The second-order valence-electron chi connectivity index (χ2n) is 11.7. The van der Waals surface area contributed by atoms with Gasteiger partial charge in [0.1, 0.15) is 0 Å². The SMILES string of the molecule is C(=C\[C@@H]1CCC[C@@H](/C=C/c2ccccc2)N1)/c1ccccc1.C(=C\[C@H]1CCC[C@H](/C=C/c2ccccc2)N1)/c1ccccc1. The first-order valence-corrected chi connectivity index (χ1v) is 16.3. The summed E-state index contributed by atoms with van der Waals surface area (Å²) in [4.78, 5) is 0. The van der Waals surface area contributed by atoms with Crippen LogP contribution in [0.25, 0.3) is 24.3 Å². The third-order valence-electron chi connectivity index (χ3n) is 8.20. The summed E-state index contributed by atoms with van der Waals surface area (Å²) in [5.41, 5.74) is 5.08. The van der Waals surface area contributed by atoms with Gasteiger partial charge in [-0.05, 0) is 60.8 Å². The minimum atomic E-state index is 0.472. The molecule has 2 heterocycles. The fourth-order valence-electron chi connectivity index (χ4n) is 5.77. The zero-order chi connectivity index (χ0) is 30.1. The van der Waals surface area contributed by atoms with Crippen LogP contribution < -0.4 is 10.6 Å². The fourth-order valence-corrected chi connectivity index (χ4v) is 5.77. The molecule has 2 aliphatic rings. The van der Waals surface area contributed by atoms with Crippen molar-refractivity contribution in [2.45, 2.75) is 62.7 Å². The van der Waals surface area contributed by atoms with Crippen molar-refractivity contribution in [3.8, 4) is 0 Å². The molecule has 224 valence electrons. The van der Waals surface area contributed by atoms with Crippen LogP contribution in [-0.2, 0) is 0 Å². The Kier molecular flexibility index (Phi) is 12.6. The van der Waals surface area contributed by atoms with Gasteiger partial charge in [0.15, 0.2) is 0 Å². The van der Waals surface area contributed by atoms with Crippen LogP contribution in [0.15, 0.2) is 146 Å². The molecule has 0 saturated carbocycles. The van der Waals surface area contributed by atoms with Crippen LogP contribution in [0.5, 0.6) is 0 Å². The van der Waals surface area contributed by atoms with Gasteiger partial charge in [0.25, 0.3) is 0 Å². The average molecular weight is 579 g/mol. The molecule has 6 rings (SSSR count). The smallest absolute Gasteiger partial charge is 0.0258 e. The van der Waals surface area contributed by atoms with Crippen molar-refractivity contribution in [2.75, 3.05) is 0 Å². The quantitative estimate of drug-likeness (QED) is 0.217. The summed E-state index contributed by atoms with van der Waals surface area (Å²) in [6.45, 7) is 0. The highest BCUT2D eigenvalue weighted by Gasteiger charge is 2.17. The summed E-state index contributed by atoms with van der Waals surface area (Å²) >= 11 is 0. The van der Waals surface area contributed by atoms with Crippen LogP contribution in [0.2, 0.25) is 0 Å². The molecule has 2 saturated heterocycles. The molecular formula is C42H46N2. The summed E-state index contributed by atoms with van der Waals surface area (Å²) in [7, 11) is 0. The first kappa shape index (κ1) is 31.2. The summed E-state index contributed by atoms with van der Waals surface area (Å²) in [6, 6.07) is 43.9. The van der Waals surface area contributed by atoms with Gasteiger partial charge in [-0.2, -0.15) is 0 Å². The van der Waals surface area contributed by atoms with Crippen LogP contribution in [-0.4, -0.2) is 24.2 Å². The number of rotatable bonds is 8. The van der Waals surface area contributed by atoms with Crippen LogP contribution in [0.1, 0.15) is 60.8 Å². The molecule has 44 heavy (non-hydrogen) atoms. The molecule has 4 aromatic rings. The van der Waals surface area contributed by atoms with Crippen molar-refractivity contribution in [1.29, 1.82) is 0 Å². The van der Waals surface area contributed by atoms with Crippen LogP contribution in [0, 0.1) is 0 Å². The Hall–Kier alpha value is -4.24. The van der Waals surface area contributed by atoms with Gasteiger partial charge in [-0.15, -0.1) is 0 Å². The summed E-state index contributed by atoms with van der Waals surface area (Å²) in [6.07, 6.45) is 25.5. The predicted molar refractivity (Wildman–Crippen MR) is 191 cm³/mol. The Bertz CT molecular complexity index is 1230. The molecule has 2 nitrogen and oxygen atoms in total. The largest absolute Gasteiger partial charge is 0.304 e. The van der Waals surface area contributed by atoms with Crippen molar-refractivity contribution < 1.29 is 0 Å². The van der Waals surface area contributed by atoms with Crippen molar-refractivity contribution in [3.05, 3.63) is 168 Å². The van der Waals surface area contributed by atoms with Gasteiger partial charge in [-0.25, -0.2) is 0 Å². The minimum Gasteiger partial charge on any atom is -0.304 e. The maximum atomic E-state index is 3.72. The third-order valence-corrected chi connectivity index (χ3v) is 8.20. The van der Waals surface area contributed by atoms with E-state index in [1.54, 1.807) is 0 Å². The highest BCUT2D eigenvalue weighted by Crippen LogP contribution is 2.18. The number of piperidine rings is 2. The second kappa shape index (κ2) is 17.8. The van der Waals surface area contributed by atoms with E-state index in [-0.39, 0.29) is 0 Å². The van der Waals surface area contributed by atoms with Crippen molar-refractivity contribution in [3.63, 3.8) is 0 Å². The third kappa shape index (κ3) is 11.1. The van der Waals surface area contributed by atoms with E-state index < -0.39 is 0 Å². The van der Waals surface area contributed by atoms with Crippen molar-refractivity contribution in [2.24, 2.45) is 0 Å². The lowest BCUT2D eigenvalue weighted by Gasteiger charge is -2.27. The highest BCUT2D eigenvalue weighted by atomic mass is 15.0. The minimum absolute atomic E-state index is 0.472. The van der Waals surface area contributed by atoms with Crippen LogP contribution in [0.4, 0.5) is 0 Å². The average Bonchev–Trinajstić information content (AvgIpc) is 3.10. The van der Waals surface area contributed by atoms with E-state index in [9.17, 15) is 0 Å². The summed E-state index contributed by atoms with van der Waals surface area (Å²) in [5.74, 6) is 0. The molecule has 4 aromatic carbocycles. The van der Waals surface area contributed by atoms with Gasteiger partial charge in [0.05, 0.1) is 0 Å². The molecule has 0 unspecified atom stereocenters. The fraction of sp³-hybridized carbons (Fsp3) is 0.238. The lowest BCUT2D eigenvalue weighted by Crippen LogP contribution is -2.39. The molecule has 2 fully saturated rings. The normalized spacial score (nSPS) is 22.4. The van der Waals surface area contributed by atoms with E-state index in [0.29, 0.717) is 24.2 Å². The molecule has 2 heteroatoms. The Morgan fingerprint density at radius 3 is 0.795 bits per heavy atom.